The molecular weight excluding hydrogens is 240 g/mol. The Bertz CT molecular complexity index is 705. The molecule has 2 aromatic rings. The summed E-state index contributed by atoms with van der Waals surface area (Å²) in [7, 11) is -2.11. The quantitative estimate of drug-likeness (QED) is 0.714. The highest BCUT2D eigenvalue weighted by Gasteiger charge is 2.16. The molecule has 0 amide bonds. The smallest absolute Gasteiger partial charge is 0.0391 e. The van der Waals surface area contributed by atoms with E-state index in [2.05, 4.69) is 6.08 Å². The topological polar surface area (TPSA) is 17.1 Å². The van der Waals surface area contributed by atoms with Gasteiger partial charge in [-0.3, -0.25) is 4.21 Å². The van der Waals surface area contributed by atoms with Crippen molar-refractivity contribution in [1.29, 1.82) is 0 Å². The van der Waals surface area contributed by atoms with Crippen molar-refractivity contribution in [2.24, 2.45) is 0 Å². The van der Waals surface area contributed by atoms with Crippen molar-refractivity contribution in [2.45, 2.75) is 4.90 Å². The lowest BCUT2D eigenvalue weighted by Crippen LogP contribution is -2.13. The van der Waals surface area contributed by atoms with Crippen LogP contribution >= 0.6 is 0 Å². The number of benzene rings is 2. The zero-order valence-electron chi connectivity index (χ0n) is 9.95. The van der Waals surface area contributed by atoms with Gasteiger partial charge in [-0.1, -0.05) is 60.7 Å². The van der Waals surface area contributed by atoms with Gasteiger partial charge in [-0.2, -0.15) is 0 Å². The minimum atomic E-state index is -2.11. The minimum absolute atomic E-state index is 0.596. The fourth-order valence-corrected chi connectivity index (χ4v) is 4.43. The molecule has 1 unspecified atom stereocenters. The highest BCUT2D eigenvalue weighted by molar-refractivity contribution is 8.01. The maximum atomic E-state index is 13.1. The van der Waals surface area contributed by atoms with Gasteiger partial charge in [0.1, 0.15) is 0 Å². The van der Waals surface area contributed by atoms with E-state index >= 15 is 0 Å². The summed E-state index contributed by atoms with van der Waals surface area (Å²) < 4.78 is 13.1. The molecule has 0 aromatic heterocycles. The van der Waals surface area contributed by atoms with Crippen LogP contribution < -0.4 is 0 Å². The van der Waals surface area contributed by atoms with Crippen molar-refractivity contribution < 1.29 is 4.21 Å². The Morgan fingerprint density at radius 3 is 2.50 bits per heavy atom. The molecule has 0 saturated heterocycles. The summed E-state index contributed by atoms with van der Waals surface area (Å²) in [6.45, 7) is 0. The van der Waals surface area contributed by atoms with Crippen LogP contribution in [0.3, 0.4) is 0 Å². The lowest BCUT2D eigenvalue weighted by molar-refractivity contribution is 0.682. The highest BCUT2D eigenvalue weighted by atomic mass is 32.2. The first-order chi connectivity index (χ1) is 8.78. The Kier molecular flexibility index (Phi) is 2.80. The van der Waals surface area contributed by atoms with Crippen molar-refractivity contribution in [3.63, 3.8) is 0 Å². The third-order valence-corrected chi connectivity index (χ3v) is 5.52. The molecule has 2 heteroatoms. The van der Waals surface area contributed by atoms with Crippen LogP contribution in [-0.4, -0.2) is 15.3 Å². The summed E-state index contributed by atoms with van der Waals surface area (Å²) in [5, 5.41) is 1.91. The molecule has 1 atom stereocenters. The Balaban J connectivity index is 2.21. The molecule has 0 fully saturated rings. The molecule has 0 bridgehead atoms. The van der Waals surface area contributed by atoms with Gasteiger partial charge in [-0.05, 0) is 17.2 Å². The monoisotopic (exact) mass is 254 g/mol. The summed E-state index contributed by atoms with van der Waals surface area (Å²) in [6.07, 6.45) is 4.06. The lowest BCUT2D eigenvalue weighted by atomic mass is 10.2. The summed E-state index contributed by atoms with van der Waals surface area (Å²) in [6, 6.07) is 17.8. The van der Waals surface area contributed by atoms with Crippen molar-refractivity contribution in [1.82, 2.24) is 0 Å². The molecule has 1 aliphatic rings. The van der Waals surface area contributed by atoms with Crippen LogP contribution in [0.2, 0.25) is 0 Å². The first-order valence-electron chi connectivity index (χ1n) is 5.95. The first-order valence-corrected chi connectivity index (χ1v) is 7.74. The van der Waals surface area contributed by atoms with Gasteiger partial charge >= 0.3 is 0 Å². The van der Waals surface area contributed by atoms with Crippen molar-refractivity contribution >= 4 is 21.0 Å². The molecule has 0 radical (unpaired) electrons. The third kappa shape index (κ3) is 2.00. The van der Waals surface area contributed by atoms with Crippen LogP contribution in [0.5, 0.6) is 0 Å². The zero-order chi connectivity index (χ0) is 12.4. The molecule has 0 aliphatic carbocycles. The molecular formula is C16H14OS. The number of fused-ring (bicyclic) bond motifs is 1. The van der Waals surface area contributed by atoms with Crippen LogP contribution in [-0.2, 0) is 9.52 Å². The molecule has 18 heavy (non-hydrogen) atoms. The van der Waals surface area contributed by atoms with Crippen molar-refractivity contribution in [3.05, 3.63) is 71.8 Å². The van der Waals surface area contributed by atoms with Crippen molar-refractivity contribution in [2.75, 3.05) is 5.75 Å². The summed E-state index contributed by atoms with van der Waals surface area (Å²) in [5.41, 5.74) is 2.09. The second-order valence-electron chi connectivity index (χ2n) is 4.36. The minimum Gasteiger partial charge on any atom is -0.262 e. The molecule has 1 aliphatic heterocycles. The zero-order valence-corrected chi connectivity index (χ0v) is 10.8. The normalized spacial score (nSPS) is 21.3. The molecule has 3 rings (SSSR count). The third-order valence-electron chi connectivity index (χ3n) is 3.06. The van der Waals surface area contributed by atoms with Crippen LogP contribution in [0.1, 0.15) is 11.1 Å². The first kappa shape index (κ1) is 11.3. The maximum Gasteiger partial charge on any atom is 0.0391 e. The Labute approximate surface area is 108 Å². The molecule has 0 N–H and O–H groups in total. The van der Waals surface area contributed by atoms with E-state index in [-0.39, 0.29) is 0 Å². The average molecular weight is 254 g/mol. The predicted molar refractivity (Wildman–Crippen MR) is 78.4 cm³/mol. The lowest BCUT2D eigenvalue weighted by Gasteiger charge is -2.16. The molecule has 0 saturated carbocycles. The average Bonchev–Trinajstić information content (AvgIpc) is 2.40. The fraction of sp³-hybridized carbons (Fsp3) is 0.0625. The molecule has 90 valence electrons. The molecule has 1 nitrogen and oxygen atoms in total. The van der Waals surface area contributed by atoms with Crippen LogP contribution in [0, 0.1) is 0 Å². The number of rotatable bonds is 1. The van der Waals surface area contributed by atoms with E-state index in [9.17, 15) is 4.21 Å². The summed E-state index contributed by atoms with van der Waals surface area (Å²) in [5.74, 6) is 0.596. The maximum absolute atomic E-state index is 13.1. The second kappa shape index (κ2) is 4.46. The Morgan fingerprint density at radius 1 is 0.944 bits per heavy atom. The Hall–Kier alpha value is -1.80. The van der Waals surface area contributed by atoms with Gasteiger partial charge in [0.25, 0.3) is 0 Å². The van der Waals surface area contributed by atoms with Gasteiger partial charge in [-0.25, -0.2) is 0 Å². The second-order valence-corrected chi connectivity index (χ2v) is 6.82. The van der Waals surface area contributed by atoms with E-state index in [1.165, 1.54) is 0 Å². The van der Waals surface area contributed by atoms with Crippen molar-refractivity contribution in [3.8, 4) is 0 Å². The Morgan fingerprint density at radius 2 is 1.67 bits per heavy atom. The van der Waals surface area contributed by atoms with Gasteiger partial charge in [0, 0.05) is 25.5 Å². The largest absolute Gasteiger partial charge is 0.262 e. The number of hydrogen-bond donors (Lipinski definition) is 0. The van der Waals surface area contributed by atoms with Gasteiger partial charge in [0.2, 0.25) is 0 Å². The summed E-state index contributed by atoms with van der Waals surface area (Å²) in [4.78, 5) is 0.955. The summed E-state index contributed by atoms with van der Waals surface area (Å²) >= 11 is 0. The predicted octanol–water partition coefficient (Wildman–Crippen LogP) is 3.21. The fourth-order valence-electron chi connectivity index (χ4n) is 2.20. The van der Waals surface area contributed by atoms with Gasteiger partial charge in [-0.15, -0.1) is 0 Å². The van der Waals surface area contributed by atoms with E-state index in [1.807, 2.05) is 66.0 Å². The SMILES string of the molecule is O=S1(=Cc2ccccc2)CC=Cc2ccccc21. The molecule has 2 aromatic carbocycles. The van der Waals surface area contributed by atoms with Crippen LogP contribution in [0.15, 0.2) is 65.6 Å². The van der Waals surface area contributed by atoms with Gasteiger partial charge in [0.05, 0.1) is 0 Å². The van der Waals surface area contributed by atoms with E-state index < -0.39 is 9.52 Å². The van der Waals surface area contributed by atoms with Crippen LogP contribution in [0.4, 0.5) is 0 Å². The van der Waals surface area contributed by atoms with E-state index in [1.54, 1.807) is 0 Å². The number of hydrogen-bond acceptors (Lipinski definition) is 1. The van der Waals surface area contributed by atoms with Gasteiger partial charge < -0.3 is 0 Å². The molecule has 0 spiro atoms. The van der Waals surface area contributed by atoms with E-state index in [0.29, 0.717) is 5.75 Å². The van der Waals surface area contributed by atoms with Gasteiger partial charge in [0.15, 0.2) is 0 Å². The molecule has 1 heterocycles. The standard InChI is InChI=1S/C16H14OS/c17-18(13-14-7-2-1-3-8-14)12-6-10-15-9-4-5-11-16(15)18/h1-11,13H,12H2. The van der Waals surface area contributed by atoms with E-state index in [4.69, 9.17) is 0 Å². The highest BCUT2D eigenvalue weighted by Crippen LogP contribution is 2.24. The van der Waals surface area contributed by atoms with E-state index in [0.717, 1.165) is 16.0 Å². The van der Waals surface area contributed by atoms with Crippen LogP contribution in [0.25, 0.3) is 6.08 Å².